The van der Waals surface area contributed by atoms with Crippen molar-refractivity contribution in [1.82, 2.24) is 20.0 Å². The van der Waals surface area contributed by atoms with E-state index in [1.165, 1.54) is 9.80 Å². The Balaban J connectivity index is 1.67. The van der Waals surface area contributed by atoms with Crippen LogP contribution in [0.4, 0.5) is 0 Å². The summed E-state index contributed by atoms with van der Waals surface area (Å²) in [7, 11) is 6.75. The summed E-state index contributed by atoms with van der Waals surface area (Å²) in [6.45, 7) is 4.66. The summed E-state index contributed by atoms with van der Waals surface area (Å²) in [5.41, 5.74) is 9.41. The number of amidine groups is 1. The fourth-order valence-electron chi connectivity index (χ4n) is 6.11. The summed E-state index contributed by atoms with van der Waals surface area (Å²) in [5.74, 6) is 0.237. The van der Waals surface area contributed by atoms with Gasteiger partial charge in [0.2, 0.25) is 5.91 Å². The zero-order valence-electron chi connectivity index (χ0n) is 24.6. The lowest BCUT2D eigenvalue weighted by atomic mass is 9.74. The Morgan fingerprint density at radius 3 is 1.83 bits per heavy atom. The molecule has 2 unspecified atom stereocenters. The van der Waals surface area contributed by atoms with E-state index in [-0.39, 0.29) is 42.7 Å². The molecule has 10 nitrogen and oxygen atoms in total. The third kappa shape index (κ3) is 5.18. The lowest BCUT2D eigenvalue weighted by Crippen LogP contribution is -2.45. The largest absolute Gasteiger partial charge is 0.387 e. The fraction of sp³-hybridized carbons (Fsp3) is 0.452. The van der Waals surface area contributed by atoms with Gasteiger partial charge in [-0.2, -0.15) is 5.26 Å². The molecule has 2 aliphatic carbocycles. The highest BCUT2D eigenvalue weighted by atomic mass is 16.2. The first kappa shape index (κ1) is 29.7. The van der Waals surface area contributed by atoms with Gasteiger partial charge in [0.05, 0.1) is 18.0 Å². The molecule has 2 aromatic rings. The molecule has 10 heteroatoms. The second kappa shape index (κ2) is 11.3. The third-order valence-corrected chi connectivity index (χ3v) is 8.66. The van der Waals surface area contributed by atoms with Gasteiger partial charge in [0.15, 0.2) is 0 Å². The van der Waals surface area contributed by atoms with Crippen molar-refractivity contribution in [3.8, 4) is 17.2 Å². The van der Waals surface area contributed by atoms with Crippen molar-refractivity contribution < 1.29 is 14.4 Å². The Morgan fingerprint density at radius 1 is 0.951 bits per heavy atom. The van der Waals surface area contributed by atoms with Gasteiger partial charge >= 0.3 is 0 Å². The van der Waals surface area contributed by atoms with Gasteiger partial charge < -0.3 is 25.8 Å². The Bertz CT molecular complexity index is 1360. The van der Waals surface area contributed by atoms with Crippen molar-refractivity contribution >= 4 is 23.6 Å². The molecule has 3 amide bonds. The van der Waals surface area contributed by atoms with E-state index in [0.717, 1.165) is 22.3 Å². The third-order valence-electron chi connectivity index (χ3n) is 8.66. The van der Waals surface area contributed by atoms with Crippen molar-refractivity contribution in [2.45, 2.75) is 31.7 Å². The first-order valence-electron chi connectivity index (χ1n) is 13.8. The molecule has 0 spiro atoms. The zero-order chi connectivity index (χ0) is 30.2. The van der Waals surface area contributed by atoms with E-state index in [9.17, 15) is 19.6 Å². The van der Waals surface area contributed by atoms with Crippen molar-refractivity contribution in [2.75, 3.05) is 47.8 Å². The van der Waals surface area contributed by atoms with E-state index < -0.39 is 5.41 Å². The van der Waals surface area contributed by atoms with Crippen LogP contribution >= 0.6 is 0 Å². The first-order chi connectivity index (χ1) is 19.4. The summed E-state index contributed by atoms with van der Waals surface area (Å²) < 4.78 is 0. The average Bonchev–Trinajstić information content (AvgIpc) is 3.42. The predicted molar refractivity (Wildman–Crippen MR) is 158 cm³/mol. The van der Waals surface area contributed by atoms with Crippen molar-refractivity contribution in [1.29, 1.82) is 10.7 Å². The van der Waals surface area contributed by atoms with Gasteiger partial charge in [-0.05, 0) is 71.3 Å². The number of rotatable bonds is 10. The highest BCUT2D eigenvalue weighted by Gasteiger charge is 2.49. The van der Waals surface area contributed by atoms with E-state index in [2.05, 4.69) is 25.2 Å². The topological polar surface area (TPSA) is 147 Å². The minimum absolute atomic E-state index is 0.0556. The van der Waals surface area contributed by atoms with E-state index in [1.807, 2.05) is 12.1 Å². The standard InChI is InChI=1S/C31H39N7O3/c1-18-19(2)27(18)38(14-12-32)26(39)17-35-13-11-31(30(33)34)24-9-7-20(28(40)36(3)4)15-22(24)23-16-21(8-10-25(23)31)29(41)37(5)6/h7-10,15-16,18-19,27,35H,11,13-14,17H2,1-6H3,(H3,33,34)/t18-,19?,27?/m0/s1. The van der Waals surface area contributed by atoms with Crippen LogP contribution in [0.1, 0.15) is 52.1 Å². The maximum absolute atomic E-state index is 13.0. The summed E-state index contributed by atoms with van der Waals surface area (Å²) in [6.07, 6.45) is 0.381. The number of benzene rings is 2. The van der Waals surface area contributed by atoms with E-state index >= 15 is 0 Å². The molecule has 1 saturated carbocycles. The molecule has 3 atom stereocenters. The number of hydrogen-bond acceptors (Lipinski definition) is 6. The van der Waals surface area contributed by atoms with Crippen LogP contribution in [0.3, 0.4) is 0 Å². The minimum atomic E-state index is -1.01. The fourth-order valence-corrected chi connectivity index (χ4v) is 6.11. The zero-order valence-corrected chi connectivity index (χ0v) is 24.6. The normalized spacial score (nSPS) is 19.4. The second-order valence-corrected chi connectivity index (χ2v) is 11.6. The molecule has 2 aromatic carbocycles. The molecule has 216 valence electrons. The molecular formula is C31H39N7O3. The number of carbonyl (C=O) groups is 3. The maximum Gasteiger partial charge on any atom is 0.253 e. The maximum atomic E-state index is 13.0. The van der Waals surface area contributed by atoms with Crippen molar-refractivity contribution in [3.05, 3.63) is 58.7 Å². The van der Waals surface area contributed by atoms with Gasteiger partial charge in [-0.3, -0.25) is 19.8 Å². The summed E-state index contributed by atoms with van der Waals surface area (Å²) in [6, 6.07) is 13.0. The molecule has 0 aliphatic heterocycles. The number of nitrogens with one attached hydrogen (secondary N) is 2. The molecule has 0 bridgehead atoms. The number of nitriles is 1. The smallest absolute Gasteiger partial charge is 0.253 e. The van der Waals surface area contributed by atoms with Crippen LogP contribution in [0.2, 0.25) is 0 Å². The predicted octanol–water partition coefficient (Wildman–Crippen LogP) is 2.28. The Morgan fingerprint density at radius 2 is 1.44 bits per heavy atom. The van der Waals surface area contributed by atoms with Gasteiger partial charge in [0, 0.05) is 45.4 Å². The summed E-state index contributed by atoms with van der Waals surface area (Å²) in [4.78, 5) is 43.3. The second-order valence-electron chi connectivity index (χ2n) is 11.6. The molecule has 4 rings (SSSR count). The monoisotopic (exact) mass is 557 g/mol. The SMILES string of the molecule is CC1C(N(CC#N)C(=O)CNCCC2(C(=N)N)c3ccc(C(=O)N(C)C)cc3-c3cc(C(=O)N(C)C)ccc32)[C@H]1C. The number of fused-ring (bicyclic) bond motifs is 3. The molecule has 41 heavy (non-hydrogen) atoms. The van der Waals surface area contributed by atoms with Gasteiger partial charge in [0.1, 0.15) is 12.4 Å². The summed E-state index contributed by atoms with van der Waals surface area (Å²) in [5, 5.41) is 21.2. The number of hydrogen-bond donors (Lipinski definition) is 3. The van der Waals surface area contributed by atoms with Crippen LogP contribution in [0.15, 0.2) is 36.4 Å². The Kier molecular flexibility index (Phi) is 8.22. The minimum Gasteiger partial charge on any atom is -0.387 e. The van der Waals surface area contributed by atoms with Crippen LogP contribution < -0.4 is 11.1 Å². The molecule has 4 N–H and O–H groups in total. The van der Waals surface area contributed by atoms with Crippen molar-refractivity contribution in [3.63, 3.8) is 0 Å². The average molecular weight is 558 g/mol. The van der Waals surface area contributed by atoms with E-state index in [4.69, 9.17) is 11.1 Å². The van der Waals surface area contributed by atoms with Crippen LogP contribution in [0.5, 0.6) is 0 Å². The number of carbonyl (C=O) groups excluding carboxylic acids is 3. The first-order valence-corrected chi connectivity index (χ1v) is 13.8. The van der Waals surface area contributed by atoms with E-state index in [0.29, 0.717) is 35.9 Å². The lowest BCUT2D eigenvalue weighted by molar-refractivity contribution is -0.130. The van der Waals surface area contributed by atoms with Crippen molar-refractivity contribution in [2.24, 2.45) is 17.6 Å². The Labute approximate surface area is 241 Å². The van der Waals surface area contributed by atoms with Gasteiger partial charge in [-0.25, -0.2) is 0 Å². The quantitative estimate of drug-likeness (QED) is 0.177. The van der Waals surface area contributed by atoms with E-state index in [1.54, 1.807) is 57.4 Å². The molecule has 2 aliphatic rings. The van der Waals surface area contributed by atoms with Crippen LogP contribution in [-0.2, 0) is 10.2 Å². The number of nitrogens with zero attached hydrogens (tertiary/aromatic N) is 4. The van der Waals surface area contributed by atoms with Crippen LogP contribution in [-0.4, -0.2) is 92.1 Å². The molecule has 0 aromatic heterocycles. The van der Waals surface area contributed by atoms with Gasteiger partial charge in [0.25, 0.3) is 11.8 Å². The molecule has 1 fully saturated rings. The number of amides is 3. The molecule has 0 heterocycles. The van der Waals surface area contributed by atoms with Gasteiger partial charge in [-0.1, -0.05) is 26.0 Å². The summed E-state index contributed by atoms with van der Waals surface area (Å²) >= 11 is 0. The molecule has 0 saturated heterocycles. The Hall–Kier alpha value is -4.23. The molecular weight excluding hydrogens is 518 g/mol. The van der Waals surface area contributed by atoms with Crippen LogP contribution in [0, 0.1) is 28.6 Å². The lowest BCUT2D eigenvalue weighted by Gasteiger charge is -2.31. The number of nitrogens with two attached hydrogens (primary N) is 1. The highest BCUT2D eigenvalue weighted by Crippen LogP contribution is 2.51. The highest BCUT2D eigenvalue weighted by molar-refractivity contribution is 6.05. The molecule has 0 radical (unpaired) electrons. The van der Waals surface area contributed by atoms with Gasteiger partial charge in [-0.15, -0.1) is 0 Å². The van der Waals surface area contributed by atoms with Crippen LogP contribution in [0.25, 0.3) is 11.1 Å².